The molecule has 3 aliphatic heterocycles. The van der Waals surface area contributed by atoms with Crippen LogP contribution in [0.15, 0.2) is 73.1 Å². The molecule has 0 aliphatic carbocycles. The van der Waals surface area contributed by atoms with Crippen molar-refractivity contribution < 1.29 is 38.6 Å². The molecule has 16 heteroatoms. The maximum absolute atomic E-state index is 14.5. The number of ether oxygens (including phenoxy) is 1. The maximum atomic E-state index is 14.5. The zero-order chi connectivity index (χ0) is 38.1. The Kier molecular flexibility index (Phi) is 13.0. The molecule has 1 saturated heterocycles. The number of nitrogens with one attached hydrogen (secondary N) is 5. The van der Waals surface area contributed by atoms with Gasteiger partial charge in [-0.3, -0.25) is 33.8 Å². The van der Waals surface area contributed by atoms with Crippen LogP contribution in [-0.2, 0) is 36.8 Å². The Bertz CT molecular complexity index is 1810. The molecule has 6 amide bonds. The van der Waals surface area contributed by atoms with Crippen LogP contribution in [0.5, 0.6) is 5.75 Å². The van der Waals surface area contributed by atoms with Gasteiger partial charge in [-0.2, -0.15) is 0 Å². The van der Waals surface area contributed by atoms with Crippen molar-refractivity contribution in [3.05, 3.63) is 94.8 Å². The van der Waals surface area contributed by atoms with Crippen LogP contribution in [0.2, 0.25) is 5.02 Å². The van der Waals surface area contributed by atoms with Crippen molar-refractivity contribution >= 4 is 47.0 Å². The van der Waals surface area contributed by atoms with Crippen molar-refractivity contribution in [3.8, 4) is 5.75 Å². The van der Waals surface area contributed by atoms with Crippen LogP contribution in [0.25, 0.3) is 0 Å². The maximum Gasteiger partial charge on any atom is 0.258 e. The van der Waals surface area contributed by atoms with Crippen LogP contribution in [0, 0.1) is 0 Å². The molecule has 2 bridgehead atoms. The molecule has 0 spiro atoms. The molecule has 3 aliphatic rings. The molecule has 0 unspecified atom stereocenters. The van der Waals surface area contributed by atoms with Gasteiger partial charge in [-0.15, -0.1) is 0 Å². The molecule has 6 atom stereocenters. The second-order valence-corrected chi connectivity index (χ2v) is 13.4. The number of halogens is 1. The monoisotopic (exact) mass is 747 g/mol. The van der Waals surface area contributed by atoms with Crippen molar-refractivity contribution in [2.45, 2.75) is 69.4 Å². The first-order chi connectivity index (χ1) is 25.4. The van der Waals surface area contributed by atoms with Gasteiger partial charge in [0.25, 0.3) is 11.8 Å². The third-order valence-corrected chi connectivity index (χ3v) is 9.28. The number of hydrogen-bond donors (Lipinski definition) is 6. The predicted molar refractivity (Wildman–Crippen MR) is 193 cm³/mol. The van der Waals surface area contributed by atoms with Gasteiger partial charge in [0.15, 0.2) is 6.61 Å². The molecule has 53 heavy (non-hydrogen) atoms. The highest BCUT2D eigenvalue weighted by Gasteiger charge is 2.44. The number of fused-ring (bicyclic) bond motifs is 16. The average molecular weight is 748 g/mol. The summed E-state index contributed by atoms with van der Waals surface area (Å²) in [5, 5.41) is 24.1. The molecule has 6 N–H and O–H groups in total. The minimum atomic E-state index is -1.51. The Balaban J connectivity index is 1.47. The van der Waals surface area contributed by atoms with Gasteiger partial charge < -0.3 is 41.3 Å². The van der Waals surface area contributed by atoms with Gasteiger partial charge in [-0.25, -0.2) is 0 Å². The standard InChI is InChI=1S/C37H42ClN7O8/c1-21-33(48)40-15-12-23-8-10-26(11-9-23)53-20-31(47)43-29(16-24-6-4-3-5-7-24)37(52)45-19-25(42-34(49)27-13-14-39-18-28(27)38)17-30(45)35(50)44-32(22(2)46)36(51)41-21/h3-11,13-14,18,21-22,25,29-30,32,46H,12,15-17,19-20H2,1-2H3,(H,40,48)(H,41,51)(H,42,49)(H,43,47)(H,44,50)/t21-,22+,25-,29-,30-,32-/m0/s1. The SMILES string of the molecule is C[C@@H]1NC(=O)[C@H]([C@@H](C)O)NC(=O)[C@@H]2C[C@H](NC(=O)c3ccncc3Cl)CN2C(=O)[C@H](Cc2ccccc2)NC(=O)COc2ccc(cc2)CCNC1=O. The highest BCUT2D eigenvalue weighted by Crippen LogP contribution is 2.23. The minimum absolute atomic E-state index is 0.0628. The Morgan fingerprint density at radius 2 is 1.74 bits per heavy atom. The highest BCUT2D eigenvalue weighted by molar-refractivity contribution is 6.33. The quantitative estimate of drug-likeness (QED) is 0.198. The lowest BCUT2D eigenvalue weighted by atomic mass is 10.0. The third kappa shape index (κ3) is 10.3. The summed E-state index contributed by atoms with van der Waals surface area (Å²) in [6.07, 6.45) is 1.76. The van der Waals surface area contributed by atoms with Crippen LogP contribution in [-0.4, -0.2) is 106 Å². The smallest absolute Gasteiger partial charge is 0.258 e. The number of carbonyl (C=O) groups excluding carboxylic acids is 6. The zero-order valence-corrected chi connectivity index (χ0v) is 30.0. The first-order valence-corrected chi connectivity index (χ1v) is 17.6. The van der Waals surface area contributed by atoms with E-state index >= 15 is 0 Å². The fourth-order valence-corrected chi connectivity index (χ4v) is 6.35. The number of carbonyl (C=O) groups is 6. The van der Waals surface area contributed by atoms with E-state index in [1.165, 1.54) is 37.2 Å². The first-order valence-electron chi connectivity index (χ1n) is 17.2. The molecule has 0 radical (unpaired) electrons. The predicted octanol–water partition coefficient (Wildman–Crippen LogP) is 0.283. The van der Waals surface area contributed by atoms with Crippen molar-refractivity contribution in [3.63, 3.8) is 0 Å². The van der Waals surface area contributed by atoms with E-state index in [9.17, 15) is 33.9 Å². The van der Waals surface area contributed by atoms with E-state index in [4.69, 9.17) is 16.3 Å². The number of aromatic nitrogens is 1. The number of aliphatic hydroxyl groups excluding tert-OH is 1. The van der Waals surface area contributed by atoms with E-state index in [0.29, 0.717) is 12.2 Å². The normalized spacial score (nSPS) is 23.9. The van der Waals surface area contributed by atoms with E-state index in [0.717, 1.165) is 11.1 Å². The number of aliphatic hydroxyl groups is 1. The molecule has 1 aromatic heterocycles. The molecule has 4 heterocycles. The first kappa shape index (κ1) is 38.7. The van der Waals surface area contributed by atoms with Gasteiger partial charge in [0, 0.05) is 37.9 Å². The fourth-order valence-electron chi connectivity index (χ4n) is 6.15. The lowest BCUT2D eigenvalue weighted by Crippen LogP contribution is -2.60. The number of amides is 6. The Hall–Kier alpha value is -5.54. The summed E-state index contributed by atoms with van der Waals surface area (Å²) in [6.45, 7) is 2.48. The van der Waals surface area contributed by atoms with Crippen molar-refractivity contribution in [2.24, 2.45) is 0 Å². The zero-order valence-electron chi connectivity index (χ0n) is 29.2. The molecule has 3 aromatic rings. The Labute approximate surface area is 311 Å². The summed E-state index contributed by atoms with van der Waals surface area (Å²) < 4.78 is 5.71. The van der Waals surface area contributed by atoms with Crippen LogP contribution >= 0.6 is 11.6 Å². The van der Waals surface area contributed by atoms with Crippen molar-refractivity contribution in [2.75, 3.05) is 19.7 Å². The Morgan fingerprint density at radius 1 is 1.00 bits per heavy atom. The van der Waals surface area contributed by atoms with E-state index in [1.807, 2.05) is 6.07 Å². The molecular formula is C37H42ClN7O8. The minimum Gasteiger partial charge on any atom is -0.484 e. The number of nitrogens with zero attached hydrogens (tertiary/aromatic N) is 2. The van der Waals surface area contributed by atoms with Gasteiger partial charge in [0.05, 0.1) is 16.7 Å². The number of hydrogen-bond acceptors (Lipinski definition) is 9. The molecule has 6 rings (SSSR count). The second kappa shape index (κ2) is 17.8. The molecule has 280 valence electrons. The van der Waals surface area contributed by atoms with E-state index in [-0.39, 0.29) is 36.5 Å². The van der Waals surface area contributed by atoms with Gasteiger partial charge >= 0.3 is 0 Å². The summed E-state index contributed by atoms with van der Waals surface area (Å²) in [5.74, 6) is -3.47. The summed E-state index contributed by atoms with van der Waals surface area (Å²) in [5.41, 5.74) is 1.74. The van der Waals surface area contributed by atoms with Gasteiger partial charge in [-0.05, 0) is 56.0 Å². The van der Waals surface area contributed by atoms with Crippen LogP contribution in [0.4, 0.5) is 0 Å². The van der Waals surface area contributed by atoms with Gasteiger partial charge in [-0.1, -0.05) is 54.1 Å². The van der Waals surface area contributed by atoms with Crippen LogP contribution in [0.3, 0.4) is 0 Å². The van der Waals surface area contributed by atoms with Crippen LogP contribution < -0.4 is 31.3 Å². The number of pyridine rings is 1. The van der Waals surface area contributed by atoms with Crippen molar-refractivity contribution in [1.29, 1.82) is 0 Å². The average Bonchev–Trinajstić information content (AvgIpc) is 3.56. The number of benzene rings is 2. The van der Waals surface area contributed by atoms with Gasteiger partial charge in [0.2, 0.25) is 23.6 Å². The molecule has 15 nitrogen and oxygen atoms in total. The molecule has 1 fully saturated rings. The highest BCUT2D eigenvalue weighted by atomic mass is 35.5. The summed E-state index contributed by atoms with van der Waals surface area (Å²) >= 11 is 6.20. The van der Waals surface area contributed by atoms with Crippen LogP contribution in [0.1, 0.15) is 41.8 Å². The van der Waals surface area contributed by atoms with E-state index < -0.39 is 78.4 Å². The fraction of sp³-hybridized carbons (Fsp3) is 0.378. The molecular weight excluding hydrogens is 706 g/mol. The summed E-state index contributed by atoms with van der Waals surface area (Å²) in [7, 11) is 0. The Morgan fingerprint density at radius 3 is 2.43 bits per heavy atom. The largest absolute Gasteiger partial charge is 0.484 e. The van der Waals surface area contributed by atoms with E-state index in [1.54, 1.807) is 48.5 Å². The second-order valence-electron chi connectivity index (χ2n) is 13.0. The molecule has 2 aromatic carbocycles. The third-order valence-electron chi connectivity index (χ3n) is 8.98. The van der Waals surface area contributed by atoms with Gasteiger partial charge in [0.1, 0.15) is 29.9 Å². The van der Waals surface area contributed by atoms with Crippen molar-refractivity contribution in [1.82, 2.24) is 36.5 Å². The topological polar surface area (TPSA) is 208 Å². The lowest BCUT2D eigenvalue weighted by Gasteiger charge is -2.30. The summed E-state index contributed by atoms with van der Waals surface area (Å²) in [4.78, 5) is 86.3. The molecule has 0 saturated carbocycles. The number of rotatable bonds is 5. The summed E-state index contributed by atoms with van der Waals surface area (Å²) in [6, 6.07) is 11.7. The lowest BCUT2D eigenvalue weighted by molar-refractivity contribution is -0.143. The van der Waals surface area contributed by atoms with E-state index in [2.05, 4.69) is 31.6 Å².